The van der Waals surface area contributed by atoms with E-state index in [0.29, 0.717) is 19.6 Å². The van der Waals surface area contributed by atoms with Crippen LogP contribution in [-0.4, -0.2) is 71.0 Å². The summed E-state index contributed by atoms with van der Waals surface area (Å²) >= 11 is 6.13. The minimum Gasteiger partial charge on any atom is -0.444 e. The van der Waals surface area contributed by atoms with Gasteiger partial charge >= 0.3 is 12.2 Å². The van der Waals surface area contributed by atoms with E-state index in [1.807, 2.05) is 47.6 Å². The van der Waals surface area contributed by atoms with E-state index in [2.05, 4.69) is 20.2 Å². The van der Waals surface area contributed by atoms with Crippen LogP contribution in [0.5, 0.6) is 0 Å². The summed E-state index contributed by atoms with van der Waals surface area (Å²) in [5, 5.41) is 3.03. The van der Waals surface area contributed by atoms with Gasteiger partial charge in [-0.3, -0.25) is 0 Å². The molecule has 0 radical (unpaired) electrons. The molecule has 2 aliphatic rings. The second-order valence-corrected chi connectivity index (χ2v) is 10.8. The van der Waals surface area contributed by atoms with Crippen LogP contribution in [0.4, 0.5) is 15.4 Å². The summed E-state index contributed by atoms with van der Waals surface area (Å²) in [6, 6.07) is 0. The minimum absolute atomic E-state index is 0.173. The molecule has 0 aliphatic carbocycles. The monoisotopic (exact) mass is 479 g/mol. The quantitative estimate of drug-likeness (QED) is 0.649. The molecule has 1 N–H and O–H groups in total. The molecule has 2 amide bonds. The van der Waals surface area contributed by atoms with E-state index in [-0.39, 0.29) is 17.3 Å². The predicted molar refractivity (Wildman–Crippen MR) is 127 cm³/mol. The molecule has 1 atom stereocenters. The Balaban J connectivity index is 1.64. The van der Waals surface area contributed by atoms with E-state index in [0.717, 1.165) is 36.5 Å². The molecule has 1 unspecified atom stereocenters. The second-order valence-electron chi connectivity index (χ2n) is 10.5. The number of hydrogen-bond donors (Lipinski definition) is 1. The maximum Gasteiger partial charge on any atom is 0.410 e. The number of alkyl carbamates (subject to hydrolysis) is 1. The van der Waals surface area contributed by atoms with Gasteiger partial charge in [-0.1, -0.05) is 6.08 Å². The Labute approximate surface area is 200 Å². The predicted octanol–water partition coefficient (Wildman–Crippen LogP) is 4.12. The Morgan fingerprint density at radius 1 is 1.18 bits per heavy atom. The lowest BCUT2D eigenvalue weighted by atomic mass is 10.1. The van der Waals surface area contributed by atoms with E-state index in [4.69, 9.17) is 21.1 Å². The maximum absolute atomic E-state index is 12.5. The number of nitrogens with zero attached hydrogens (tertiary/aromatic N) is 4. The molecule has 3 heterocycles. The van der Waals surface area contributed by atoms with Gasteiger partial charge in [-0.15, -0.1) is 0 Å². The van der Waals surface area contributed by atoms with E-state index in [1.54, 1.807) is 11.1 Å². The summed E-state index contributed by atoms with van der Waals surface area (Å²) in [6.45, 7) is 14.0. The number of carbonyl (C=O) groups is 2. The third kappa shape index (κ3) is 7.22. The number of aromatic nitrogens is 2. The van der Waals surface area contributed by atoms with Crippen molar-refractivity contribution >= 4 is 35.2 Å². The summed E-state index contributed by atoms with van der Waals surface area (Å²) < 4.78 is 10.8. The Morgan fingerprint density at radius 2 is 1.88 bits per heavy atom. The summed E-state index contributed by atoms with van der Waals surface area (Å²) in [7, 11) is 0. The lowest BCUT2D eigenvalue weighted by Crippen LogP contribution is -2.36. The van der Waals surface area contributed by atoms with Gasteiger partial charge in [-0.05, 0) is 71.1 Å². The van der Waals surface area contributed by atoms with E-state index in [9.17, 15) is 9.59 Å². The molecule has 9 nitrogen and oxygen atoms in total. The van der Waals surface area contributed by atoms with Crippen molar-refractivity contribution in [3.05, 3.63) is 23.1 Å². The average Bonchev–Trinajstić information content (AvgIpc) is 3.33. The number of amides is 2. The van der Waals surface area contributed by atoms with E-state index >= 15 is 0 Å². The number of carbonyl (C=O) groups excluding carboxylic acids is 2. The first kappa shape index (κ1) is 25.1. The smallest absolute Gasteiger partial charge is 0.410 e. The first-order valence-electron chi connectivity index (χ1n) is 11.2. The van der Waals surface area contributed by atoms with Gasteiger partial charge in [0.15, 0.2) is 0 Å². The molecule has 0 saturated carbocycles. The van der Waals surface area contributed by atoms with E-state index < -0.39 is 17.3 Å². The molecule has 33 heavy (non-hydrogen) atoms. The van der Waals surface area contributed by atoms with E-state index in [1.165, 1.54) is 0 Å². The number of rotatable bonds is 4. The minimum atomic E-state index is -0.549. The molecular formula is C23H34ClN5O4. The lowest BCUT2D eigenvalue weighted by Gasteiger charge is -2.25. The summed E-state index contributed by atoms with van der Waals surface area (Å²) in [5.74, 6) is 1.00. The fourth-order valence-corrected chi connectivity index (χ4v) is 3.90. The summed E-state index contributed by atoms with van der Waals surface area (Å²) in [5.41, 5.74) is 0.737. The second kappa shape index (κ2) is 9.75. The average molecular weight is 480 g/mol. The molecule has 0 spiro atoms. The van der Waals surface area contributed by atoms with Crippen molar-refractivity contribution in [2.24, 2.45) is 5.92 Å². The van der Waals surface area contributed by atoms with Crippen LogP contribution in [0.3, 0.4) is 0 Å². The molecule has 0 bridgehead atoms. The van der Waals surface area contributed by atoms with Gasteiger partial charge in [0.2, 0.25) is 5.28 Å². The highest BCUT2D eigenvalue weighted by Gasteiger charge is 2.31. The fraction of sp³-hybridized carbons (Fsp3) is 0.652. The SMILES string of the molecule is CC(C)(C)OC(=O)NCC1CCN(c2nc(Cl)ncc2C2=CCN(C(=O)OC(C)(C)C)C2)C1. The van der Waals surface area contributed by atoms with Crippen molar-refractivity contribution < 1.29 is 19.1 Å². The van der Waals surface area contributed by atoms with Crippen molar-refractivity contribution in [3.8, 4) is 0 Å². The topological polar surface area (TPSA) is 96.9 Å². The van der Waals surface area contributed by atoms with Gasteiger partial charge in [0.05, 0.1) is 0 Å². The zero-order valence-corrected chi connectivity index (χ0v) is 21.0. The standard InChI is InChI=1S/C23H34ClN5O4/c1-22(2,3)32-20(30)26-11-15-7-9-28(13-15)18-17(12-25-19(24)27-18)16-8-10-29(14-16)21(31)33-23(4,5)6/h8,12,15H,7,9-11,13-14H2,1-6H3,(H,26,30). The van der Waals surface area contributed by atoms with Crippen molar-refractivity contribution in [3.63, 3.8) is 0 Å². The van der Waals surface area contributed by atoms with Crippen LogP contribution in [0.2, 0.25) is 5.28 Å². The van der Waals surface area contributed by atoms with Crippen LogP contribution in [-0.2, 0) is 9.47 Å². The Morgan fingerprint density at radius 3 is 2.55 bits per heavy atom. The van der Waals surface area contributed by atoms with Crippen molar-refractivity contribution in [2.75, 3.05) is 37.6 Å². The van der Waals surface area contributed by atoms with Crippen LogP contribution in [0.15, 0.2) is 12.3 Å². The molecule has 3 rings (SSSR count). The largest absolute Gasteiger partial charge is 0.444 e. The molecule has 0 aromatic carbocycles. The van der Waals surface area contributed by atoms with Crippen molar-refractivity contribution in [1.82, 2.24) is 20.2 Å². The third-order valence-electron chi connectivity index (χ3n) is 5.18. The highest BCUT2D eigenvalue weighted by Crippen LogP contribution is 2.32. The molecule has 2 aliphatic heterocycles. The normalized spacial score (nSPS) is 18.9. The highest BCUT2D eigenvalue weighted by molar-refractivity contribution is 6.28. The molecular weight excluding hydrogens is 446 g/mol. The van der Waals surface area contributed by atoms with Crippen LogP contribution < -0.4 is 10.2 Å². The molecule has 1 aromatic heterocycles. The maximum atomic E-state index is 12.5. The van der Waals surface area contributed by atoms with Crippen molar-refractivity contribution in [1.29, 1.82) is 0 Å². The molecule has 1 saturated heterocycles. The molecule has 1 fully saturated rings. The van der Waals surface area contributed by atoms with Crippen LogP contribution in [0.1, 0.15) is 53.5 Å². The third-order valence-corrected chi connectivity index (χ3v) is 5.36. The van der Waals surface area contributed by atoms with Crippen LogP contribution in [0.25, 0.3) is 5.57 Å². The zero-order valence-electron chi connectivity index (χ0n) is 20.3. The van der Waals surface area contributed by atoms with Gasteiger partial charge in [0.1, 0.15) is 17.0 Å². The Kier molecular flexibility index (Phi) is 7.41. The zero-order chi connectivity index (χ0) is 24.4. The summed E-state index contributed by atoms with van der Waals surface area (Å²) in [6.07, 6.45) is 3.85. The number of ether oxygens (including phenoxy) is 2. The first-order valence-corrected chi connectivity index (χ1v) is 11.6. The number of hydrogen-bond acceptors (Lipinski definition) is 7. The Bertz CT molecular complexity index is 922. The van der Waals surface area contributed by atoms with Crippen molar-refractivity contribution in [2.45, 2.75) is 59.2 Å². The van der Waals surface area contributed by atoms with Gasteiger partial charge in [0, 0.05) is 44.5 Å². The molecule has 182 valence electrons. The summed E-state index contributed by atoms with van der Waals surface area (Å²) in [4.78, 5) is 36.9. The lowest BCUT2D eigenvalue weighted by molar-refractivity contribution is 0.0305. The molecule has 1 aromatic rings. The van der Waals surface area contributed by atoms with Gasteiger partial charge in [-0.2, -0.15) is 4.98 Å². The van der Waals surface area contributed by atoms with Gasteiger partial charge in [-0.25, -0.2) is 14.6 Å². The van der Waals surface area contributed by atoms with Gasteiger partial charge in [0.25, 0.3) is 0 Å². The Hall–Kier alpha value is -2.55. The van der Waals surface area contributed by atoms with Crippen LogP contribution in [0, 0.1) is 5.92 Å². The number of anilines is 1. The van der Waals surface area contributed by atoms with Gasteiger partial charge < -0.3 is 24.6 Å². The number of halogens is 1. The molecule has 10 heteroatoms. The number of nitrogens with one attached hydrogen (secondary N) is 1. The fourth-order valence-electron chi connectivity index (χ4n) is 3.77. The van der Waals surface area contributed by atoms with Crippen LogP contribution >= 0.6 is 11.6 Å². The highest BCUT2D eigenvalue weighted by atomic mass is 35.5. The first-order chi connectivity index (χ1) is 15.3.